The summed E-state index contributed by atoms with van der Waals surface area (Å²) in [6, 6.07) is 0.0514. The lowest BCUT2D eigenvalue weighted by Crippen LogP contribution is -2.35. The summed E-state index contributed by atoms with van der Waals surface area (Å²) in [5.74, 6) is -0.297. The zero-order valence-electron chi connectivity index (χ0n) is 13.6. The van der Waals surface area contributed by atoms with Crippen molar-refractivity contribution in [3.63, 3.8) is 0 Å². The van der Waals surface area contributed by atoms with Gasteiger partial charge in [-0.3, -0.25) is 9.59 Å². The van der Waals surface area contributed by atoms with E-state index >= 15 is 0 Å². The normalized spacial score (nSPS) is 22.9. The van der Waals surface area contributed by atoms with Gasteiger partial charge in [-0.05, 0) is 26.3 Å². The van der Waals surface area contributed by atoms with E-state index in [1.165, 1.54) is 0 Å². The quantitative estimate of drug-likeness (QED) is 0.805. The molecule has 2 atom stereocenters. The highest BCUT2D eigenvalue weighted by molar-refractivity contribution is 6.01. The summed E-state index contributed by atoms with van der Waals surface area (Å²) >= 11 is 0. The van der Waals surface area contributed by atoms with Gasteiger partial charge in [-0.1, -0.05) is 0 Å². The van der Waals surface area contributed by atoms with Gasteiger partial charge in [0.2, 0.25) is 5.91 Å². The Morgan fingerprint density at radius 2 is 2.04 bits per heavy atom. The second-order valence-corrected chi connectivity index (χ2v) is 6.19. The number of aryl methyl sites for hydroxylation is 1. The van der Waals surface area contributed by atoms with Crippen molar-refractivity contribution in [3.8, 4) is 0 Å². The Kier molecular flexibility index (Phi) is 3.87. The molecule has 7 nitrogen and oxygen atoms in total. The summed E-state index contributed by atoms with van der Waals surface area (Å²) in [7, 11) is 0. The van der Waals surface area contributed by atoms with Gasteiger partial charge >= 0.3 is 5.97 Å². The third-order valence-electron chi connectivity index (χ3n) is 4.65. The van der Waals surface area contributed by atoms with E-state index < -0.39 is 5.97 Å². The summed E-state index contributed by atoms with van der Waals surface area (Å²) < 4.78 is 5.01. The molecule has 0 radical (unpaired) electrons. The number of esters is 1. The molecule has 2 N–H and O–H groups in total. The Balaban J connectivity index is 1.81. The van der Waals surface area contributed by atoms with E-state index in [1.54, 1.807) is 25.7 Å². The van der Waals surface area contributed by atoms with Crippen molar-refractivity contribution in [3.05, 3.63) is 22.5 Å². The Bertz CT molecular complexity index is 663. The first-order chi connectivity index (χ1) is 10.9. The van der Waals surface area contributed by atoms with Crippen LogP contribution >= 0.6 is 0 Å². The number of hydrogen-bond acceptors (Lipinski definition) is 4. The molecule has 1 aromatic heterocycles. The third kappa shape index (κ3) is 2.60. The van der Waals surface area contributed by atoms with Crippen LogP contribution in [-0.4, -0.2) is 53.4 Å². The largest absolute Gasteiger partial charge is 0.461 e. The lowest BCUT2D eigenvalue weighted by molar-refractivity contribution is -0.119. The maximum atomic E-state index is 12.8. The molecule has 0 aromatic carbocycles. The topological polar surface area (TPSA) is 91.5 Å². The molecular formula is C16H21N3O4. The second-order valence-electron chi connectivity index (χ2n) is 6.19. The van der Waals surface area contributed by atoms with Crippen molar-refractivity contribution in [1.29, 1.82) is 0 Å². The molecule has 3 heterocycles. The van der Waals surface area contributed by atoms with Crippen molar-refractivity contribution in [2.75, 3.05) is 19.7 Å². The smallest absolute Gasteiger partial charge is 0.355 e. The molecule has 3 rings (SSSR count). The maximum absolute atomic E-state index is 12.8. The predicted octanol–water partition coefficient (Wildman–Crippen LogP) is 0.769. The first-order valence-corrected chi connectivity index (χ1v) is 7.87. The van der Waals surface area contributed by atoms with E-state index in [9.17, 15) is 14.4 Å². The van der Waals surface area contributed by atoms with Crippen LogP contribution in [0.2, 0.25) is 0 Å². The van der Waals surface area contributed by atoms with Crippen LogP contribution in [0.1, 0.15) is 45.4 Å². The lowest BCUT2D eigenvalue weighted by atomic mass is 10.1. The number of likely N-dealkylation sites (tertiary alicyclic amines) is 1. The van der Waals surface area contributed by atoms with Crippen LogP contribution in [0.4, 0.5) is 0 Å². The van der Waals surface area contributed by atoms with Crippen LogP contribution in [0.15, 0.2) is 0 Å². The lowest BCUT2D eigenvalue weighted by Gasteiger charge is -2.18. The Hall–Kier alpha value is -2.31. The molecule has 2 aliphatic heterocycles. The molecule has 0 unspecified atom stereocenters. The first-order valence-electron chi connectivity index (χ1n) is 7.87. The minimum atomic E-state index is -0.447. The zero-order valence-corrected chi connectivity index (χ0v) is 13.6. The molecule has 23 heavy (non-hydrogen) atoms. The van der Waals surface area contributed by atoms with Crippen molar-refractivity contribution in [2.24, 2.45) is 5.92 Å². The Morgan fingerprint density at radius 1 is 1.30 bits per heavy atom. The minimum Gasteiger partial charge on any atom is -0.461 e. The van der Waals surface area contributed by atoms with Crippen LogP contribution in [0, 0.1) is 19.8 Å². The average molecular weight is 319 g/mol. The fraction of sp³-hybridized carbons (Fsp3) is 0.562. The molecule has 124 valence electrons. The number of nitrogens with one attached hydrogen (secondary N) is 2. The highest BCUT2D eigenvalue weighted by Crippen LogP contribution is 2.28. The van der Waals surface area contributed by atoms with E-state index in [0.29, 0.717) is 42.0 Å². The van der Waals surface area contributed by atoms with Crippen molar-refractivity contribution >= 4 is 17.8 Å². The molecule has 2 aliphatic rings. The molecular weight excluding hydrogens is 298 g/mol. The minimum absolute atomic E-state index is 0.0514. The van der Waals surface area contributed by atoms with Crippen LogP contribution in [-0.2, 0) is 9.53 Å². The predicted molar refractivity (Wildman–Crippen MR) is 82.2 cm³/mol. The van der Waals surface area contributed by atoms with Gasteiger partial charge in [0.1, 0.15) is 5.69 Å². The van der Waals surface area contributed by atoms with Crippen LogP contribution in [0.25, 0.3) is 0 Å². The third-order valence-corrected chi connectivity index (χ3v) is 4.65. The molecule has 0 aliphatic carbocycles. The monoisotopic (exact) mass is 319 g/mol. The van der Waals surface area contributed by atoms with Crippen molar-refractivity contribution in [2.45, 2.75) is 33.2 Å². The highest BCUT2D eigenvalue weighted by atomic mass is 16.5. The molecule has 2 amide bonds. The second kappa shape index (κ2) is 5.72. The van der Waals surface area contributed by atoms with Crippen LogP contribution < -0.4 is 5.32 Å². The van der Waals surface area contributed by atoms with Gasteiger partial charge in [-0.2, -0.15) is 0 Å². The number of carbonyl (C=O) groups excluding carboxylic acids is 3. The van der Waals surface area contributed by atoms with E-state index in [-0.39, 0.29) is 30.4 Å². The molecule has 1 aromatic rings. The summed E-state index contributed by atoms with van der Waals surface area (Å²) in [5.41, 5.74) is 2.14. The Morgan fingerprint density at radius 3 is 2.70 bits per heavy atom. The molecule has 0 bridgehead atoms. The number of hydrogen-bond donors (Lipinski definition) is 2. The number of rotatable bonds is 3. The van der Waals surface area contributed by atoms with Crippen molar-refractivity contribution < 1.29 is 19.1 Å². The van der Waals surface area contributed by atoms with Crippen LogP contribution in [0.5, 0.6) is 0 Å². The summed E-state index contributed by atoms with van der Waals surface area (Å²) in [4.78, 5) is 40.9. The van der Waals surface area contributed by atoms with E-state index in [1.807, 2.05) is 0 Å². The summed E-state index contributed by atoms with van der Waals surface area (Å²) in [6.45, 7) is 6.65. The van der Waals surface area contributed by atoms with E-state index in [0.717, 1.165) is 0 Å². The first kappa shape index (κ1) is 15.6. The number of fused-ring (bicyclic) bond motifs is 1. The van der Waals surface area contributed by atoms with Gasteiger partial charge in [-0.25, -0.2) is 4.79 Å². The highest BCUT2D eigenvalue weighted by Gasteiger charge is 2.42. The number of aromatic amines is 1. The number of H-pyrrole nitrogens is 1. The van der Waals surface area contributed by atoms with Gasteiger partial charge < -0.3 is 19.9 Å². The number of ether oxygens (including phenoxy) is 1. The Labute approximate surface area is 134 Å². The summed E-state index contributed by atoms with van der Waals surface area (Å²) in [5, 5.41) is 2.91. The number of aromatic nitrogens is 1. The fourth-order valence-corrected chi connectivity index (χ4v) is 3.55. The van der Waals surface area contributed by atoms with Crippen LogP contribution in [0.3, 0.4) is 0 Å². The van der Waals surface area contributed by atoms with Gasteiger partial charge in [0.05, 0.1) is 18.2 Å². The van der Waals surface area contributed by atoms with Gasteiger partial charge in [0.15, 0.2) is 0 Å². The van der Waals surface area contributed by atoms with Gasteiger partial charge in [-0.15, -0.1) is 0 Å². The molecule has 7 heteroatoms. The summed E-state index contributed by atoms with van der Waals surface area (Å²) in [6.07, 6.45) is 0.480. The van der Waals surface area contributed by atoms with E-state index in [4.69, 9.17) is 4.74 Å². The standard InChI is InChI=1S/C16H21N3O4/c1-4-23-16(22)14-8(2)13(9(3)17-14)15(21)19-6-10-5-12(20)18-11(10)7-19/h10-11,17H,4-7H2,1-3H3,(H,18,20)/t10-,11+/m0/s1. The molecule has 2 fully saturated rings. The van der Waals surface area contributed by atoms with Crippen molar-refractivity contribution in [1.82, 2.24) is 15.2 Å². The fourth-order valence-electron chi connectivity index (χ4n) is 3.55. The molecule has 2 saturated heterocycles. The maximum Gasteiger partial charge on any atom is 0.355 e. The SMILES string of the molecule is CCOC(=O)c1[nH]c(C)c(C(=O)N2C[C@@H]3CC(=O)N[C@@H]3C2)c1C. The molecule has 0 spiro atoms. The molecule has 0 saturated carbocycles. The van der Waals surface area contributed by atoms with Gasteiger partial charge in [0, 0.05) is 31.1 Å². The zero-order chi connectivity index (χ0) is 16.7. The number of carbonyl (C=O) groups is 3. The number of nitrogens with zero attached hydrogens (tertiary/aromatic N) is 1. The number of amides is 2. The van der Waals surface area contributed by atoms with E-state index in [2.05, 4.69) is 10.3 Å². The average Bonchev–Trinajstić information content (AvgIpc) is 3.10. The van der Waals surface area contributed by atoms with Gasteiger partial charge in [0.25, 0.3) is 5.91 Å².